The van der Waals surface area contributed by atoms with Gasteiger partial charge in [0, 0.05) is 37.6 Å². The Morgan fingerprint density at radius 2 is 1.38 bits per heavy atom. The lowest BCUT2D eigenvalue weighted by Crippen LogP contribution is -2.43. The van der Waals surface area contributed by atoms with Crippen LogP contribution in [0.3, 0.4) is 0 Å². The van der Waals surface area contributed by atoms with E-state index in [4.69, 9.17) is 16.2 Å². The number of nitrogens with zero attached hydrogens (tertiary/aromatic N) is 5. The van der Waals surface area contributed by atoms with E-state index in [-0.39, 0.29) is 18.1 Å². The van der Waals surface area contributed by atoms with E-state index in [1.807, 2.05) is 102 Å². The summed E-state index contributed by atoms with van der Waals surface area (Å²) in [4.78, 5) is 15.1. The van der Waals surface area contributed by atoms with Crippen molar-refractivity contribution in [2.45, 2.75) is 64.3 Å². The molecule has 1 fully saturated rings. The number of aromatic nitrogens is 4. The van der Waals surface area contributed by atoms with E-state index in [0.717, 1.165) is 46.5 Å². The molecule has 1 amide bonds. The molecule has 9 heteroatoms. The van der Waals surface area contributed by atoms with Gasteiger partial charge in [0.15, 0.2) is 0 Å². The van der Waals surface area contributed by atoms with E-state index in [1.165, 1.54) is 0 Å². The highest BCUT2D eigenvalue weighted by atomic mass is 16.6. The van der Waals surface area contributed by atoms with Gasteiger partial charge in [0.25, 0.3) is 0 Å². The molecule has 0 bridgehead atoms. The van der Waals surface area contributed by atoms with E-state index in [2.05, 4.69) is 16.4 Å². The van der Waals surface area contributed by atoms with Crippen molar-refractivity contribution in [2.75, 3.05) is 6.54 Å². The number of benzene rings is 2. The predicted molar refractivity (Wildman–Crippen MR) is 151 cm³/mol. The van der Waals surface area contributed by atoms with E-state index in [0.29, 0.717) is 19.6 Å². The Hall–Kier alpha value is -3.95. The Morgan fingerprint density at radius 3 is 1.90 bits per heavy atom. The summed E-state index contributed by atoms with van der Waals surface area (Å²) in [6.45, 7) is 7.27. The van der Waals surface area contributed by atoms with Crippen molar-refractivity contribution in [3.8, 4) is 11.4 Å². The number of rotatable bonds is 6. The zero-order valence-corrected chi connectivity index (χ0v) is 22.8. The first kappa shape index (κ1) is 26.6. The molecule has 1 saturated heterocycles. The van der Waals surface area contributed by atoms with Crippen LogP contribution in [-0.2, 0) is 17.8 Å². The van der Waals surface area contributed by atoms with Crippen molar-refractivity contribution >= 4 is 6.09 Å². The normalized spacial score (nSPS) is 17.8. The first-order valence-electron chi connectivity index (χ1n) is 13.4. The van der Waals surface area contributed by atoms with Gasteiger partial charge < -0.3 is 21.1 Å². The zero-order chi connectivity index (χ0) is 27.6. The molecule has 2 aromatic carbocycles. The number of hydrogen-bond donors (Lipinski definition) is 2. The van der Waals surface area contributed by atoms with Gasteiger partial charge in [-0.15, -0.1) is 0 Å². The highest BCUT2D eigenvalue weighted by molar-refractivity contribution is 5.69. The second-order valence-corrected chi connectivity index (χ2v) is 11.1. The van der Waals surface area contributed by atoms with Gasteiger partial charge in [-0.2, -0.15) is 10.2 Å². The van der Waals surface area contributed by atoms with Crippen LogP contribution in [0, 0.1) is 0 Å². The molecule has 0 radical (unpaired) electrons. The topological polar surface area (TPSA) is 117 Å². The molecule has 4 N–H and O–H groups in total. The largest absolute Gasteiger partial charge is 0.444 e. The van der Waals surface area contributed by atoms with Crippen molar-refractivity contribution in [1.82, 2.24) is 24.5 Å². The number of carbonyl (C=O) groups excluding carboxylic acids is 1. The van der Waals surface area contributed by atoms with E-state index in [9.17, 15) is 4.79 Å². The number of piperidine rings is 1. The lowest BCUT2D eigenvalue weighted by molar-refractivity contribution is 0.00764. The van der Waals surface area contributed by atoms with Crippen LogP contribution in [0.5, 0.6) is 0 Å². The van der Waals surface area contributed by atoms with Crippen molar-refractivity contribution in [3.63, 3.8) is 0 Å². The summed E-state index contributed by atoms with van der Waals surface area (Å²) < 4.78 is 9.53. The van der Waals surface area contributed by atoms with E-state index in [1.54, 1.807) is 0 Å². The average Bonchev–Trinajstić information content (AvgIpc) is 3.63. The smallest absolute Gasteiger partial charge is 0.410 e. The Kier molecular flexibility index (Phi) is 7.54. The van der Waals surface area contributed by atoms with Gasteiger partial charge in [0.1, 0.15) is 5.60 Å². The number of ether oxygens (including phenoxy) is 1. The second kappa shape index (κ2) is 11.0. The van der Waals surface area contributed by atoms with Crippen LogP contribution >= 0.6 is 0 Å². The molecular weight excluding hydrogens is 490 g/mol. The Morgan fingerprint density at radius 1 is 0.872 bits per heavy atom. The van der Waals surface area contributed by atoms with Crippen LogP contribution in [0.4, 0.5) is 4.79 Å². The van der Waals surface area contributed by atoms with Crippen LogP contribution < -0.4 is 11.5 Å². The Bertz CT molecular complexity index is 1400. The Labute approximate surface area is 229 Å². The molecule has 0 aliphatic carbocycles. The number of carbonyl (C=O) groups is 1. The molecule has 4 aromatic rings. The highest BCUT2D eigenvalue weighted by Gasteiger charge is 2.36. The number of nitrogens with two attached hydrogens (primary N) is 2. The van der Waals surface area contributed by atoms with Gasteiger partial charge in [-0.1, -0.05) is 24.3 Å². The SMILES string of the molecule is CC(C)(C)OC(=O)N1CCC(c2cnn(-c3ccc(CN)cc3)c2)CC1c1cnn(-c2ccc(CN)cc2)c1. The van der Waals surface area contributed by atoms with Crippen LogP contribution in [0.2, 0.25) is 0 Å². The quantitative estimate of drug-likeness (QED) is 0.371. The standard InChI is InChI=1S/C30H37N7O2/c1-30(2,3)39-29(38)35-13-12-23(24-17-33-36(19-24)26-8-4-21(15-31)5-9-26)14-28(35)25-18-34-37(20-25)27-10-6-22(16-32)7-11-27/h4-11,17-20,23,28H,12-16,31-32H2,1-3H3. The molecular formula is C30H37N7O2. The summed E-state index contributed by atoms with van der Waals surface area (Å²) in [5.74, 6) is 0.234. The molecule has 9 nitrogen and oxygen atoms in total. The lowest BCUT2D eigenvalue weighted by atomic mass is 9.85. The molecule has 2 atom stereocenters. The van der Waals surface area contributed by atoms with Gasteiger partial charge in [-0.25, -0.2) is 14.2 Å². The van der Waals surface area contributed by atoms with Gasteiger partial charge >= 0.3 is 6.09 Å². The maximum Gasteiger partial charge on any atom is 0.410 e. The predicted octanol–water partition coefficient (Wildman–Crippen LogP) is 4.83. The molecule has 1 aliphatic heterocycles. The van der Waals surface area contributed by atoms with Gasteiger partial charge in [-0.3, -0.25) is 0 Å². The summed E-state index contributed by atoms with van der Waals surface area (Å²) >= 11 is 0. The second-order valence-electron chi connectivity index (χ2n) is 11.1. The zero-order valence-electron chi connectivity index (χ0n) is 22.8. The maximum atomic E-state index is 13.3. The number of hydrogen-bond acceptors (Lipinski definition) is 6. The van der Waals surface area contributed by atoms with Gasteiger partial charge in [-0.05, 0) is 80.5 Å². The average molecular weight is 528 g/mol. The third-order valence-corrected chi connectivity index (χ3v) is 7.16. The van der Waals surface area contributed by atoms with E-state index < -0.39 is 5.60 Å². The van der Waals surface area contributed by atoms with Crippen molar-refractivity contribution in [3.05, 3.63) is 95.6 Å². The number of likely N-dealkylation sites (tertiary alicyclic amines) is 1. The summed E-state index contributed by atoms with van der Waals surface area (Å²) in [5, 5.41) is 9.25. The molecule has 2 aromatic heterocycles. The minimum atomic E-state index is -0.575. The summed E-state index contributed by atoms with van der Waals surface area (Å²) in [7, 11) is 0. The van der Waals surface area contributed by atoms with Crippen LogP contribution in [-0.4, -0.2) is 42.7 Å². The van der Waals surface area contributed by atoms with Gasteiger partial charge in [0.2, 0.25) is 0 Å². The van der Waals surface area contributed by atoms with Crippen LogP contribution in [0.25, 0.3) is 11.4 Å². The third-order valence-electron chi connectivity index (χ3n) is 7.16. The first-order valence-corrected chi connectivity index (χ1v) is 13.4. The Balaban J connectivity index is 1.40. The van der Waals surface area contributed by atoms with Gasteiger partial charge in [0.05, 0.1) is 29.8 Å². The lowest BCUT2D eigenvalue weighted by Gasteiger charge is -2.39. The van der Waals surface area contributed by atoms with E-state index >= 15 is 0 Å². The number of amides is 1. The molecule has 3 heterocycles. The summed E-state index contributed by atoms with van der Waals surface area (Å²) in [6, 6.07) is 15.9. The van der Waals surface area contributed by atoms with Crippen LogP contribution in [0.1, 0.15) is 67.8 Å². The van der Waals surface area contributed by atoms with Crippen molar-refractivity contribution < 1.29 is 9.53 Å². The highest BCUT2D eigenvalue weighted by Crippen LogP contribution is 2.40. The summed E-state index contributed by atoms with van der Waals surface area (Å²) in [6.07, 6.45) is 9.14. The first-order chi connectivity index (χ1) is 18.7. The van der Waals surface area contributed by atoms with Crippen molar-refractivity contribution in [2.24, 2.45) is 11.5 Å². The minimum absolute atomic E-state index is 0.178. The molecule has 39 heavy (non-hydrogen) atoms. The monoisotopic (exact) mass is 527 g/mol. The molecule has 0 spiro atoms. The fourth-order valence-electron chi connectivity index (χ4n) is 5.03. The molecule has 5 rings (SSSR count). The molecule has 204 valence electrons. The molecule has 2 unspecified atom stereocenters. The maximum absolute atomic E-state index is 13.3. The third kappa shape index (κ3) is 6.05. The van der Waals surface area contributed by atoms with Crippen LogP contribution in [0.15, 0.2) is 73.3 Å². The fraction of sp³-hybridized carbons (Fsp3) is 0.367. The van der Waals surface area contributed by atoms with Crippen molar-refractivity contribution in [1.29, 1.82) is 0 Å². The molecule has 0 saturated carbocycles. The molecule has 1 aliphatic rings. The summed E-state index contributed by atoms with van der Waals surface area (Å²) in [5.41, 5.74) is 17.1. The fourth-order valence-corrected chi connectivity index (χ4v) is 5.03. The minimum Gasteiger partial charge on any atom is -0.444 e.